The number of carbonyl (C=O) groups is 1. The Morgan fingerprint density at radius 3 is 2.53 bits per heavy atom. The number of hydrogen-bond acceptors (Lipinski definition) is 8. The van der Waals surface area contributed by atoms with Gasteiger partial charge in [-0.2, -0.15) is 4.98 Å². The molecule has 1 aliphatic heterocycles. The Kier molecular flexibility index (Phi) is 6.74. The average molecular weight is 437 g/mol. The molecule has 0 radical (unpaired) electrons. The normalized spacial score (nSPS) is 14.1. The van der Waals surface area contributed by atoms with Crippen LogP contribution < -0.4 is 14.5 Å². The van der Waals surface area contributed by atoms with E-state index in [-0.39, 0.29) is 11.8 Å². The van der Waals surface area contributed by atoms with Crippen molar-refractivity contribution in [2.45, 2.75) is 13.3 Å². The lowest BCUT2D eigenvalue weighted by atomic mass is 10.2. The van der Waals surface area contributed by atoms with E-state index < -0.39 is 0 Å². The molecule has 0 aliphatic carbocycles. The van der Waals surface area contributed by atoms with Gasteiger partial charge in [-0.05, 0) is 49.7 Å². The molecule has 1 saturated heterocycles. The highest BCUT2D eigenvalue weighted by atomic mass is 19.1. The van der Waals surface area contributed by atoms with Crippen LogP contribution in [0.25, 0.3) is 0 Å². The zero-order valence-electron chi connectivity index (χ0n) is 17.8. The first-order chi connectivity index (χ1) is 15.6. The van der Waals surface area contributed by atoms with E-state index in [2.05, 4.69) is 24.8 Å². The van der Waals surface area contributed by atoms with Gasteiger partial charge in [0.15, 0.2) is 0 Å². The third kappa shape index (κ3) is 5.29. The van der Waals surface area contributed by atoms with E-state index in [1.807, 2.05) is 6.07 Å². The predicted molar refractivity (Wildman–Crippen MR) is 118 cm³/mol. The molecule has 0 amide bonds. The molecule has 1 aromatic carbocycles. The maximum atomic E-state index is 13.1. The summed E-state index contributed by atoms with van der Waals surface area (Å²) in [6.07, 6.45) is 4.10. The molecule has 0 bridgehead atoms. The first-order valence-corrected chi connectivity index (χ1v) is 10.5. The molecule has 0 unspecified atom stereocenters. The summed E-state index contributed by atoms with van der Waals surface area (Å²) < 4.78 is 23.8. The number of esters is 1. The molecule has 3 aromatic rings. The van der Waals surface area contributed by atoms with E-state index in [1.54, 1.807) is 43.6 Å². The molecule has 9 heteroatoms. The van der Waals surface area contributed by atoms with Crippen LogP contribution in [0.3, 0.4) is 0 Å². The molecule has 166 valence electrons. The molecular weight excluding hydrogens is 413 g/mol. The molecule has 32 heavy (non-hydrogen) atoms. The second kappa shape index (κ2) is 10.0. The molecule has 8 nitrogen and oxygen atoms in total. The summed E-state index contributed by atoms with van der Waals surface area (Å²) in [6, 6.07) is 11.1. The fourth-order valence-corrected chi connectivity index (χ4v) is 3.42. The van der Waals surface area contributed by atoms with Crippen LogP contribution >= 0.6 is 0 Å². The lowest BCUT2D eigenvalue weighted by molar-refractivity contribution is 0.0526. The van der Waals surface area contributed by atoms with Crippen molar-refractivity contribution in [2.75, 3.05) is 42.6 Å². The van der Waals surface area contributed by atoms with Crippen molar-refractivity contribution in [3.8, 4) is 11.6 Å². The van der Waals surface area contributed by atoms with Crippen LogP contribution in [0, 0.1) is 5.82 Å². The summed E-state index contributed by atoms with van der Waals surface area (Å²) >= 11 is 0. The molecule has 0 N–H and O–H groups in total. The van der Waals surface area contributed by atoms with E-state index in [9.17, 15) is 9.18 Å². The Morgan fingerprint density at radius 2 is 1.78 bits per heavy atom. The van der Waals surface area contributed by atoms with E-state index in [0.29, 0.717) is 36.3 Å². The summed E-state index contributed by atoms with van der Waals surface area (Å²) in [5.74, 6) is 1.62. The molecular formula is C23H24FN5O3. The predicted octanol–water partition coefficient (Wildman–Crippen LogP) is 3.70. The van der Waals surface area contributed by atoms with Crippen LogP contribution in [0.1, 0.15) is 23.7 Å². The first kappa shape index (κ1) is 21.5. The Balaban J connectivity index is 1.40. The van der Waals surface area contributed by atoms with Crippen molar-refractivity contribution in [1.82, 2.24) is 15.0 Å². The van der Waals surface area contributed by atoms with Crippen molar-refractivity contribution in [1.29, 1.82) is 0 Å². The van der Waals surface area contributed by atoms with E-state index >= 15 is 0 Å². The van der Waals surface area contributed by atoms with Crippen molar-refractivity contribution in [3.63, 3.8) is 0 Å². The topological polar surface area (TPSA) is 80.7 Å². The number of ether oxygens (including phenoxy) is 2. The van der Waals surface area contributed by atoms with Gasteiger partial charge in [0, 0.05) is 44.6 Å². The largest absolute Gasteiger partial charge is 0.462 e. The van der Waals surface area contributed by atoms with Gasteiger partial charge < -0.3 is 19.3 Å². The fraction of sp³-hybridized carbons (Fsp3) is 0.304. The summed E-state index contributed by atoms with van der Waals surface area (Å²) in [7, 11) is 0. The molecule has 4 rings (SSSR count). The molecule has 0 spiro atoms. The van der Waals surface area contributed by atoms with E-state index in [4.69, 9.17) is 9.47 Å². The van der Waals surface area contributed by atoms with E-state index in [0.717, 1.165) is 31.9 Å². The third-order valence-electron chi connectivity index (χ3n) is 5.02. The van der Waals surface area contributed by atoms with Crippen LogP contribution in [0.4, 0.5) is 16.2 Å². The SMILES string of the molecule is CCOC(=O)c1ccc(N2CCCN(c3nccc(Oc4ccc(F)cc4)n3)CC2)nc1. The molecule has 0 saturated carbocycles. The van der Waals surface area contributed by atoms with Crippen LogP contribution in [-0.4, -0.2) is 53.7 Å². The maximum absolute atomic E-state index is 13.1. The van der Waals surface area contributed by atoms with Gasteiger partial charge in [0.25, 0.3) is 0 Å². The van der Waals surface area contributed by atoms with Crippen LogP contribution in [0.5, 0.6) is 11.6 Å². The molecule has 1 fully saturated rings. The number of hydrogen-bond donors (Lipinski definition) is 0. The van der Waals surface area contributed by atoms with Crippen LogP contribution in [0.2, 0.25) is 0 Å². The number of nitrogens with zero attached hydrogens (tertiary/aromatic N) is 5. The monoisotopic (exact) mass is 437 g/mol. The minimum atomic E-state index is -0.367. The highest BCUT2D eigenvalue weighted by Gasteiger charge is 2.19. The van der Waals surface area contributed by atoms with Gasteiger partial charge in [0.2, 0.25) is 11.8 Å². The van der Waals surface area contributed by atoms with Gasteiger partial charge in [-0.25, -0.2) is 19.2 Å². The number of rotatable bonds is 6. The Hall–Kier alpha value is -3.75. The number of carbonyl (C=O) groups excluding carboxylic acids is 1. The summed E-state index contributed by atoms with van der Waals surface area (Å²) in [5.41, 5.74) is 0.443. The van der Waals surface area contributed by atoms with Crippen LogP contribution in [0.15, 0.2) is 54.9 Å². The van der Waals surface area contributed by atoms with Crippen molar-refractivity contribution >= 4 is 17.7 Å². The molecule has 2 aromatic heterocycles. The second-order valence-corrected chi connectivity index (χ2v) is 7.20. The number of benzene rings is 1. The van der Waals surface area contributed by atoms with Crippen molar-refractivity contribution in [3.05, 3.63) is 66.2 Å². The average Bonchev–Trinajstić information content (AvgIpc) is 3.08. The number of halogens is 1. The molecule has 1 aliphatic rings. The highest BCUT2D eigenvalue weighted by Crippen LogP contribution is 2.22. The Bertz CT molecular complexity index is 1050. The van der Waals surface area contributed by atoms with Gasteiger partial charge in [0.1, 0.15) is 17.4 Å². The lowest BCUT2D eigenvalue weighted by Crippen LogP contribution is -2.32. The second-order valence-electron chi connectivity index (χ2n) is 7.20. The van der Waals surface area contributed by atoms with Gasteiger partial charge in [-0.1, -0.05) is 0 Å². The molecule has 0 atom stereocenters. The van der Waals surface area contributed by atoms with E-state index in [1.165, 1.54) is 12.1 Å². The highest BCUT2D eigenvalue weighted by molar-refractivity contribution is 5.89. The van der Waals surface area contributed by atoms with Gasteiger partial charge >= 0.3 is 5.97 Å². The minimum Gasteiger partial charge on any atom is -0.462 e. The van der Waals surface area contributed by atoms with Crippen molar-refractivity contribution < 1.29 is 18.7 Å². The number of aromatic nitrogens is 3. The summed E-state index contributed by atoms with van der Waals surface area (Å²) in [4.78, 5) is 29.4. The lowest BCUT2D eigenvalue weighted by Gasteiger charge is -2.23. The Morgan fingerprint density at radius 1 is 1.00 bits per heavy atom. The third-order valence-corrected chi connectivity index (χ3v) is 5.02. The fourth-order valence-electron chi connectivity index (χ4n) is 3.42. The van der Waals surface area contributed by atoms with Crippen LogP contribution in [-0.2, 0) is 4.74 Å². The summed E-state index contributed by atoms with van der Waals surface area (Å²) in [6.45, 7) is 5.17. The smallest absolute Gasteiger partial charge is 0.339 e. The zero-order valence-corrected chi connectivity index (χ0v) is 17.8. The van der Waals surface area contributed by atoms with Crippen molar-refractivity contribution in [2.24, 2.45) is 0 Å². The standard InChI is InChI=1S/C23H24FN5O3/c1-2-31-22(30)17-4-9-20(26-16-17)28-12-3-13-29(15-14-28)23-25-11-10-21(27-23)32-19-7-5-18(24)6-8-19/h4-11,16H,2-3,12-15H2,1H3. The molecule has 3 heterocycles. The van der Waals surface area contributed by atoms with Gasteiger partial charge in [-0.3, -0.25) is 0 Å². The first-order valence-electron chi connectivity index (χ1n) is 10.5. The Labute approximate surface area is 185 Å². The maximum Gasteiger partial charge on any atom is 0.339 e. The number of pyridine rings is 1. The quantitative estimate of drug-likeness (QED) is 0.540. The minimum absolute atomic E-state index is 0.320. The number of anilines is 2. The van der Waals surface area contributed by atoms with Gasteiger partial charge in [0.05, 0.1) is 12.2 Å². The summed E-state index contributed by atoms with van der Waals surface area (Å²) in [5, 5.41) is 0. The zero-order chi connectivity index (χ0) is 22.3. The van der Waals surface area contributed by atoms with Gasteiger partial charge in [-0.15, -0.1) is 0 Å².